The molecule has 12 heterocycles. The molecule has 33 nitrogen and oxygen atoms in total. The summed E-state index contributed by atoms with van der Waals surface area (Å²) in [5, 5.41) is 27.5. The maximum atomic E-state index is 14.5. The number of carbonyl (C=O) groups is 8. The summed E-state index contributed by atoms with van der Waals surface area (Å²) in [6.07, 6.45) is 13.8. The summed E-state index contributed by atoms with van der Waals surface area (Å²) >= 11 is 0. The van der Waals surface area contributed by atoms with E-state index in [1.165, 1.54) is 63.7 Å². The number of alkyl carbamates (subject to hydrolysis) is 4. The number of carboxylic acid groups (broad SMARTS) is 1. The molecule has 33 heteroatoms. The van der Waals surface area contributed by atoms with E-state index in [0.717, 1.165) is 103 Å². The van der Waals surface area contributed by atoms with E-state index in [9.17, 15) is 38.4 Å². The molecule has 20 rings (SSSR count). The van der Waals surface area contributed by atoms with Gasteiger partial charge in [-0.1, -0.05) is 158 Å². The molecule has 2 spiro atoms. The second-order valence-electron chi connectivity index (χ2n) is 35.8. The molecule has 8 fully saturated rings. The van der Waals surface area contributed by atoms with Crippen molar-refractivity contribution >= 4 is 92.2 Å². The van der Waals surface area contributed by atoms with Gasteiger partial charge in [-0.15, -0.1) is 0 Å². The molecule has 4 unspecified atom stereocenters. The predicted molar refractivity (Wildman–Crippen MR) is 510 cm³/mol. The van der Waals surface area contributed by atoms with Crippen molar-refractivity contribution < 1.29 is 90.8 Å². The maximum Gasteiger partial charge on any atom is 0.407 e. The zero-order valence-corrected chi connectivity index (χ0v) is 76.8. The van der Waals surface area contributed by atoms with Gasteiger partial charge in [-0.2, -0.15) is 0 Å². The molecule has 0 saturated carbocycles. The first-order chi connectivity index (χ1) is 66.8. The van der Waals surface area contributed by atoms with Crippen LogP contribution in [-0.4, -0.2) is 242 Å². The molecule has 137 heavy (non-hydrogen) atoms. The van der Waals surface area contributed by atoms with Crippen molar-refractivity contribution in [1.82, 2.24) is 61.2 Å². The number of benzene rings is 8. The second-order valence-corrected chi connectivity index (χ2v) is 35.8. The van der Waals surface area contributed by atoms with Gasteiger partial charge in [0.25, 0.3) is 0 Å². The van der Waals surface area contributed by atoms with Crippen LogP contribution in [0.25, 0.3) is 77.5 Å². The molecule has 10 aromatic rings. The van der Waals surface area contributed by atoms with Crippen molar-refractivity contribution in [3.8, 4) is 44.8 Å². The Balaban J connectivity index is 0.000000161. The number of aliphatic imine (C=N–C) groups is 2. The number of carbonyl (C=O) groups excluding carboxylic acids is 7. The van der Waals surface area contributed by atoms with Gasteiger partial charge < -0.3 is 104 Å². The molecule has 712 valence electrons. The average Bonchev–Trinajstić information content (AvgIpc) is 1.61. The Bertz CT molecular complexity index is 6190. The number of aromatic nitrogens is 4. The van der Waals surface area contributed by atoms with Gasteiger partial charge in [-0.05, 0) is 171 Å². The van der Waals surface area contributed by atoms with E-state index in [-0.39, 0.29) is 48.7 Å². The van der Waals surface area contributed by atoms with E-state index < -0.39 is 78.2 Å². The number of ether oxygens (including phenoxy) is 10. The van der Waals surface area contributed by atoms with Crippen molar-refractivity contribution in [2.45, 2.75) is 137 Å². The molecule has 8 atom stereocenters. The molecule has 0 bridgehead atoms. The van der Waals surface area contributed by atoms with Crippen molar-refractivity contribution in [2.24, 2.45) is 21.8 Å². The second kappa shape index (κ2) is 42.2. The summed E-state index contributed by atoms with van der Waals surface area (Å²) in [5.41, 5.74) is 16.2. The Labute approximate surface area is 791 Å². The van der Waals surface area contributed by atoms with Gasteiger partial charge in [0.05, 0.1) is 110 Å². The molecule has 7 amide bonds. The Morgan fingerprint density at radius 3 is 1.24 bits per heavy atom. The van der Waals surface area contributed by atoms with E-state index in [1.807, 2.05) is 53.8 Å². The fourth-order valence-electron chi connectivity index (χ4n) is 20.3. The molecule has 10 aliphatic rings. The largest absolute Gasteiger partial charge is 0.479 e. The van der Waals surface area contributed by atoms with Crippen LogP contribution < -0.4 is 26.6 Å². The zero-order valence-electron chi connectivity index (χ0n) is 76.8. The number of rotatable bonds is 22. The Morgan fingerprint density at radius 2 is 0.810 bits per heavy atom. The number of nitrogens with one attached hydrogen (secondary N) is 7. The maximum absolute atomic E-state index is 14.5. The fraction of sp³-hybridized carbons (Fsp3) is 0.385. The van der Waals surface area contributed by atoms with Crippen LogP contribution in [0, 0.1) is 11.8 Å². The molecule has 8 N–H and O–H groups in total. The summed E-state index contributed by atoms with van der Waals surface area (Å²) < 4.78 is 54.6. The topological polar surface area (TPSA) is 401 Å². The number of aliphatic carboxylic acids is 1. The highest BCUT2D eigenvalue weighted by molar-refractivity contribution is 6.05. The van der Waals surface area contributed by atoms with Crippen molar-refractivity contribution in [3.63, 3.8) is 0 Å². The van der Waals surface area contributed by atoms with Gasteiger partial charge in [0, 0.05) is 99.6 Å². The number of likely N-dealkylation sites (tertiary alicyclic amines) is 3. The number of methoxy groups -OCH3 is 4. The zero-order chi connectivity index (χ0) is 94.7. The van der Waals surface area contributed by atoms with Crippen molar-refractivity contribution in [3.05, 3.63) is 241 Å². The minimum Gasteiger partial charge on any atom is -0.479 e. The van der Waals surface area contributed by atoms with E-state index in [2.05, 4.69) is 163 Å². The van der Waals surface area contributed by atoms with Crippen LogP contribution >= 0.6 is 0 Å². The summed E-state index contributed by atoms with van der Waals surface area (Å²) in [6.45, 7) is 6.00. The van der Waals surface area contributed by atoms with E-state index >= 15 is 0 Å². The summed E-state index contributed by atoms with van der Waals surface area (Å²) in [7, 11) is 5.07. The smallest absolute Gasteiger partial charge is 0.407 e. The van der Waals surface area contributed by atoms with E-state index in [4.69, 9.17) is 67.7 Å². The van der Waals surface area contributed by atoms with Crippen LogP contribution in [0.3, 0.4) is 0 Å². The van der Waals surface area contributed by atoms with Crippen LogP contribution in [0.15, 0.2) is 217 Å². The molecular formula is C104H112N14O19. The molecule has 2 aromatic heterocycles. The number of aromatic amines is 2. The van der Waals surface area contributed by atoms with Gasteiger partial charge in [-0.25, -0.2) is 33.9 Å². The molecular weight excluding hydrogens is 1750 g/mol. The average molecular weight is 1860 g/mol. The van der Waals surface area contributed by atoms with Gasteiger partial charge >= 0.3 is 30.3 Å². The summed E-state index contributed by atoms with van der Waals surface area (Å²) in [6, 6.07) is 56.5. The lowest BCUT2D eigenvalue weighted by atomic mass is 9.90. The first-order valence-electron chi connectivity index (χ1n) is 46.8. The molecule has 0 aliphatic carbocycles. The van der Waals surface area contributed by atoms with Crippen LogP contribution in [0.1, 0.15) is 135 Å². The number of imidazole rings is 2. The highest BCUT2D eigenvalue weighted by Crippen LogP contribution is 2.47. The third-order valence-electron chi connectivity index (χ3n) is 27.6. The van der Waals surface area contributed by atoms with E-state index in [1.54, 1.807) is 46.3 Å². The fourth-order valence-corrected chi connectivity index (χ4v) is 20.3. The molecule has 10 aliphatic heterocycles. The molecule has 0 radical (unpaired) electrons. The Kier molecular flexibility index (Phi) is 28.8. The third kappa shape index (κ3) is 21.1. The highest BCUT2D eigenvalue weighted by Gasteiger charge is 2.56. The van der Waals surface area contributed by atoms with Gasteiger partial charge in [0.2, 0.25) is 17.7 Å². The number of amides is 7. The molecule has 8 aromatic carbocycles. The van der Waals surface area contributed by atoms with Gasteiger partial charge in [0.15, 0.2) is 17.6 Å². The number of hydrogen-bond donors (Lipinski definition) is 8. The van der Waals surface area contributed by atoms with Crippen LogP contribution in [-0.2, 0) is 66.5 Å². The van der Waals surface area contributed by atoms with Crippen molar-refractivity contribution in [2.75, 3.05) is 107 Å². The first kappa shape index (κ1) is 93.6. The minimum atomic E-state index is -1.13. The van der Waals surface area contributed by atoms with Gasteiger partial charge in [0.1, 0.15) is 29.8 Å². The molecule has 8 saturated heterocycles. The monoisotopic (exact) mass is 1860 g/mol. The highest BCUT2D eigenvalue weighted by atomic mass is 16.7. The number of allylic oxidation sites excluding steroid dienone is 2. The normalized spacial score (nSPS) is 20.9. The minimum absolute atomic E-state index is 0.0882. The number of nitrogens with zero attached hydrogens (tertiary/aromatic N) is 7. The predicted octanol–water partition coefficient (Wildman–Crippen LogP) is 14.5. The van der Waals surface area contributed by atoms with E-state index in [0.29, 0.717) is 133 Å². The lowest BCUT2D eigenvalue weighted by Gasteiger charge is -2.34. The first-order valence-corrected chi connectivity index (χ1v) is 46.8. The number of carboxylic acids is 1. The Morgan fingerprint density at radius 1 is 0.416 bits per heavy atom. The van der Waals surface area contributed by atoms with Gasteiger partial charge in [-0.3, -0.25) is 24.4 Å². The quantitative estimate of drug-likeness (QED) is 0.0292. The Hall–Kier alpha value is -13.8. The lowest BCUT2D eigenvalue weighted by Crippen LogP contribution is -2.54. The summed E-state index contributed by atoms with van der Waals surface area (Å²) in [4.78, 5) is 133. The number of fused-ring (bicyclic) bond motifs is 2. The van der Waals surface area contributed by atoms with Crippen molar-refractivity contribution in [1.29, 1.82) is 0 Å². The lowest BCUT2D eigenvalue weighted by molar-refractivity contribution is -0.154. The summed E-state index contributed by atoms with van der Waals surface area (Å²) in [5.74, 6) is -2.57. The number of hydrogen-bond acceptors (Lipinski definition) is 23. The number of H-pyrrole nitrogens is 2. The standard InChI is InChI=1S/C52H55N7O9.C42H46N6O6.C10H11NO4/c1-64-50(62)56-45(34-7-4-3-5-8-34)48(60)58-20-6-9-43(58)41-27-40(29-53-41)33-12-10-32(11-13-33)36-14-15-38-26-39(17-16-37(38)25-36)42-30-54-47(55-42)44-28-52(67-23-24-68-52)31-59(44)49(61)46(57-51(63)65-2)35-18-21-66-22-19-35;1-51-41(50)47-38(28-12-15-52-16-13-28)40(49)48-25-42(53-17-18-54-42)22-37(48)39-45-24-36(46-39)32-11-10-30-19-29(8-9-31(30)20-32)26-4-6-27(7-5-26)33-21-35(44-23-33)34-3-2-14-43-34;1-15-10(14)11-8(9(12)13)7-5-3-2-4-6-7/h3-5,7-8,10-17,25-26,29-30,35,43-46H,6,9,18-24,27-28,31H2,1-2H3,(H,54,55)(H,56,62)(H,57,63);4-11,19-20,23-24,28,34,37-38,43H,2-3,12-18,21-22,25H2,1H3,(H,45,46)(H,47,50);2-6,8H,1H3,(H,11,14)(H,12,13)/t43?,44-,45+,46?;34?,37-,38?;8-/m001/s1. The van der Waals surface area contributed by atoms with Crippen LogP contribution in [0.4, 0.5) is 19.2 Å². The SMILES string of the molecule is COC(=O)NC(C(=O)N1CC2(C[C@H]1c1ncc(-c3ccc4cc(-c5ccc(C6=CN=C(C7CCCN7)C6)cc5)ccc4c3)[nH]1)OCCO2)C1CCOCC1.COC(=O)NC(C(=O)N1CC2(C[C@H]1c1ncc(-c3ccc4cc(-c5ccc(C6=CN=C(C7CCCN7C(=O)[C@H](NC(=O)OC)c7ccccc7)C6)cc5)ccc4c3)[nH]1)OCCO2)C1CCOCC1.COC(=O)N[C@@H](C(=O)O)c1ccccc1. The van der Waals surface area contributed by atoms with Crippen LogP contribution in [0.2, 0.25) is 0 Å². The third-order valence-corrected chi connectivity index (χ3v) is 27.6. The van der Waals surface area contributed by atoms with Crippen LogP contribution in [0.5, 0.6) is 0 Å².